The van der Waals surface area contributed by atoms with Gasteiger partial charge < -0.3 is 9.73 Å². The molecule has 7 nitrogen and oxygen atoms in total. The van der Waals surface area contributed by atoms with Crippen molar-refractivity contribution in [3.8, 4) is 0 Å². The molecule has 0 saturated heterocycles. The second-order valence-corrected chi connectivity index (χ2v) is 8.16. The molecule has 1 aromatic heterocycles. The molecule has 0 aliphatic rings. The topological polar surface area (TPSA) is 102 Å². The van der Waals surface area contributed by atoms with Crippen molar-refractivity contribution in [1.82, 2.24) is 15.5 Å². The minimum atomic E-state index is -3.70. The van der Waals surface area contributed by atoms with Gasteiger partial charge in [0.2, 0.25) is 21.6 Å². The van der Waals surface area contributed by atoms with Gasteiger partial charge in [-0.25, -0.2) is 8.42 Å². The lowest BCUT2D eigenvalue weighted by molar-refractivity contribution is -0.121. The van der Waals surface area contributed by atoms with E-state index in [1.54, 1.807) is 24.3 Å². The average molecular weight is 399 g/mol. The third-order valence-electron chi connectivity index (χ3n) is 4.06. The maximum atomic E-state index is 12.4. The molecule has 8 heteroatoms. The first-order valence-electron chi connectivity index (χ1n) is 8.92. The molecule has 1 N–H and O–H groups in total. The van der Waals surface area contributed by atoms with Crippen LogP contribution < -0.4 is 5.32 Å². The van der Waals surface area contributed by atoms with E-state index in [4.69, 9.17) is 4.42 Å². The fourth-order valence-electron chi connectivity index (χ4n) is 2.62. The van der Waals surface area contributed by atoms with E-state index in [0.29, 0.717) is 24.9 Å². The van der Waals surface area contributed by atoms with Crippen molar-refractivity contribution >= 4 is 15.7 Å². The fraction of sp³-hybridized carbons (Fsp3) is 0.250. The van der Waals surface area contributed by atoms with Gasteiger partial charge in [-0.2, -0.15) is 0 Å². The molecule has 0 radical (unpaired) electrons. The first kappa shape index (κ1) is 19.8. The van der Waals surface area contributed by atoms with E-state index >= 15 is 0 Å². The highest BCUT2D eigenvalue weighted by atomic mass is 32.2. The zero-order valence-corrected chi connectivity index (χ0v) is 16.1. The summed E-state index contributed by atoms with van der Waals surface area (Å²) in [5.74, 6) is -0.110. The predicted octanol–water partition coefficient (Wildman–Crippen LogP) is 2.33. The van der Waals surface area contributed by atoms with E-state index in [2.05, 4.69) is 15.5 Å². The Morgan fingerprint density at radius 2 is 1.54 bits per heavy atom. The van der Waals surface area contributed by atoms with Gasteiger partial charge in [0.25, 0.3) is 0 Å². The molecule has 146 valence electrons. The molecule has 2 aromatic carbocycles. The van der Waals surface area contributed by atoms with Crippen LogP contribution in [-0.2, 0) is 33.2 Å². The van der Waals surface area contributed by atoms with Gasteiger partial charge in [-0.1, -0.05) is 65.8 Å². The lowest BCUT2D eigenvalue weighted by atomic mass is 10.1. The maximum Gasteiger partial charge on any atom is 0.335 e. The fourth-order valence-corrected chi connectivity index (χ4v) is 3.76. The van der Waals surface area contributed by atoms with Crippen LogP contribution >= 0.6 is 0 Å². The zero-order chi connectivity index (χ0) is 19.8. The van der Waals surface area contributed by atoms with Crippen molar-refractivity contribution < 1.29 is 17.6 Å². The van der Waals surface area contributed by atoms with Crippen molar-refractivity contribution in [1.29, 1.82) is 0 Å². The maximum absolute atomic E-state index is 12.4. The van der Waals surface area contributed by atoms with Gasteiger partial charge in [0.1, 0.15) is 0 Å². The molecule has 1 amide bonds. The first-order chi connectivity index (χ1) is 13.5. The number of carbonyl (C=O) groups excluding carboxylic acids is 1. The summed E-state index contributed by atoms with van der Waals surface area (Å²) in [5.41, 5.74) is 1.75. The molecule has 0 atom stereocenters. The Bertz CT molecular complexity index is 1000. The van der Waals surface area contributed by atoms with E-state index < -0.39 is 15.1 Å². The van der Waals surface area contributed by atoms with Crippen LogP contribution in [0.1, 0.15) is 23.4 Å². The summed E-state index contributed by atoms with van der Waals surface area (Å²) in [6.45, 7) is 0.300. The standard InChI is InChI=1S/C20H21N3O4S/c24-18(12-11-16-7-3-1-4-8-16)21-14-13-19-22-23-20(27-19)28(25,26)15-17-9-5-2-6-10-17/h1-10H,11-15H2,(H,21,24). The van der Waals surface area contributed by atoms with Gasteiger partial charge in [0.15, 0.2) is 0 Å². The Morgan fingerprint density at radius 1 is 0.893 bits per heavy atom. The highest BCUT2D eigenvalue weighted by Gasteiger charge is 2.22. The lowest BCUT2D eigenvalue weighted by Gasteiger charge is -2.03. The minimum absolute atomic E-state index is 0.0831. The van der Waals surface area contributed by atoms with Crippen molar-refractivity contribution in [2.45, 2.75) is 30.2 Å². The molecule has 3 aromatic rings. The second-order valence-electron chi connectivity index (χ2n) is 6.29. The Morgan fingerprint density at radius 3 is 2.21 bits per heavy atom. The number of amides is 1. The molecule has 0 fully saturated rings. The Labute approximate surface area is 163 Å². The normalized spacial score (nSPS) is 11.3. The summed E-state index contributed by atoms with van der Waals surface area (Å²) in [6.07, 6.45) is 1.31. The van der Waals surface area contributed by atoms with Gasteiger partial charge in [-0.15, -0.1) is 5.10 Å². The number of hydrogen-bond donors (Lipinski definition) is 1. The zero-order valence-electron chi connectivity index (χ0n) is 15.2. The summed E-state index contributed by atoms with van der Waals surface area (Å²) in [4.78, 5) is 11.9. The van der Waals surface area contributed by atoms with Crippen LogP contribution in [0.15, 0.2) is 70.3 Å². The number of nitrogens with zero attached hydrogens (tertiary/aromatic N) is 2. The number of benzene rings is 2. The van der Waals surface area contributed by atoms with Crippen LogP contribution in [0, 0.1) is 0 Å². The minimum Gasteiger partial charge on any atom is -0.412 e. The van der Waals surface area contributed by atoms with Gasteiger partial charge in [-0.05, 0) is 17.5 Å². The number of carbonyl (C=O) groups is 1. The summed E-state index contributed by atoms with van der Waals surface area (Å²) < 4.78 is 30.0. The van der Waals surface area contributed by atoms with Gasteiger partial charge >= 0.3 is 5.22 Å². The molecule has 0 aliphatic carbocycles. The molecule has 1 heterocycles. The molecule has 0 bridgehead atoms. The van der Waals surface area contributed by atoms with Gasteiger partial charge in [0.05, 0.1) is 5.75 Å². The predicted molar refractivity (Wildman–Crippen MR) is 103 cm³/mol. The first-order valence-corrected chi connectivity index (χ1v) is 10.6. The number of nitrogens with one attached hydrogen (secondary N) is 1. The Balaban J connectivity index is 1.46. The summed E-state index contributed by atoms with van der Waals surface area (Å²) >= 11 is 0. The number of rotatable bonds is 9. The van der Waals surface area contributed by atoms with Crippen LogP contribution in [0.3, 0.4) is 0 Å². The summed E-state index contributed by atoms with van der Waals surface area (Å²) in [7, 11) is -3.70. The van der Waals surface area contributed by atoms with E-state index in [0.717, 1.165) is 5.56 Å². The van der Waals surface area contributed by atoms with Crippen molar-refractivity contribution in [3.05, 3.63) is 77.7 Å². The smallest absolute Gasteiger partial charge is 0.335 e. The SMILES string of the molecule is O=C(CCc1ccccc1)NCCc1nnc(S(=O)(=O)Cc2ccccc2)o1. The quantitative estimate of drug-likeness (QED) is 0.592. The molecule has 0 spiro atoms. The summed E-state index contributed by atoms with van der Waals surface area (Å²) in [6, 6.07) is 18.6. The molecular weight excluding hydrogens is 378 g/mol. The monoisotopic (exact) mass is 399 g/mol. The second kappa shape index (κ2) is 9.27. The number of aromatic nitrogens is 2. The van der Waals surface area contributed by atoms with E-state index in [9.17, 15) is 13.2 Å². The van der Waals surface area contributed by atoms with E-state index in [-0.39, 0.29) is 24.0 Å². The van der Waals surface area contributed by atoms with Crippen LogP contribution in [0.25, 0.3) is 0 Å². The average Bonchev–Trinajstić information content (AvgIpc) is 3.18. The number of aryl methyl sites for hydroxylation is 1. The molecule has 0 saturated carbocycles. The highest BCUT2D eigenvalue weighted by Crippen LogP contribution is 2.15. The number of sulfone groups is 1. The highest BCUT2D eigenvalue weighted by molar-refractivity contribution is 7.90. The third-order valence-corrected chi connectivity index (χ3v) is 5.47. The molecule has 0 unspecified atom stereocenters. The Hall–Kier alpha value is -3.00. The van der Waals surface area contributed by atoms with Crippen molar-refractivity contribution in [2.75, 3.05) is 6.54 Å². The van der Waals surface area contributed by atoms with Gasteiger partial charge in [0, 0.05) is 19.4 Å². The van der Waals surface area contributed by atoms with E-state index in [1.807, 2.05) is 36.4 Å². The van der Waals surface area contributed by atoms with Crippen LogP contribution in [0.5, 0.6) is 0 Å². The summed E-state index contributed by atoms with van der Waals surface area (Å²) in [5, 5.41) is 9.78. The number of hydrogen-bond acceptors (Lipinski definition) is 6. The molecule has 0 aliphatic heterocycles. The van der Waals surface area contributed by atoms with Crippen molar-refractivity contribution in [2.24, 2.45) is 0 Å². The molecule has 28 heavy (non-hydrogen) atoms. The van der Waals surface area contributed by atoms with Crippen LogP contribution in [0.2, 0.25) is 0 Å². The van der Waals surface area contributed by atoms with Gasteiger partial charge in [-0.3, -0.25) is 4.79 Å². The van der Waals surface area contributed by atoms with Crippen LogP contribution in [0.4, 0.5) is 0 Å². The van der Waals surface area contributed by atoms with E-state index in [1.165, 1.54) is 0 Å². The lowest BCUT2D eigenvalue weighted by Crippen LogP contribution is -2.25. The largest absolute Gasteiger partial charge is 0.412 e. The Kier molecular flexibility index (Phi) is 6.54. The molecule has 3 rings (SSSR count). The van der Waals surface area contributed by atoms with Crippen LogP contribution in [-0.4, -0.2) is 31.1 Å². The third kappa shape index (κ3) is 5.75. The molecular formula is C20H21N3O4S. The van der Waals surface area contributed by atoms with Crippen molar-refractivity contribution in [3.63, 3.8) is 0 Å².